The van der Waals surface area contributed by atoms with E-state index < -0.39 is 0 Å². The number of nitrogens with one attached hydrogen (secondary N) is 3. The van der Waals surface area contributed by atoms with E-state index in [4.69, 9.17) is 27.0 Å². The fourth-order valence-corrected chi connectivity index (χ4v) is 2.79. The Kier molecular flexibility index (Phi) is 6.97. The number of allylic oxidation sites excluding steroid dienone is 1. The highest BCUT2D eigenvalue weighted by Crippen LogP contribution is 2.19. The van der Waals surface area contributed by atoms with Crippen LogP contribution in [0.1, 0.15) is 29.8 Å². The van der Waals surface area contributed by atoms with Crippen molar-refractivity contribution in [2.24, 2.45) is 11.5 Å². The van der Waals surface area contributed by atoms with E-state index in [2.05, 4.69) is 16.4 Å². The molecular formula is C17H22N6OS. The molecule has 8 heteroatoms. The second kappa shape index (κ2) is 9.43. The van der Waals surface area contributed by atoms with E-state index in [0.29, 0.717) is 12.2 Å². The average molecular weight is 358 g/mol. The minimum atomic E-state index is -0.0879. The van der Waals surface area contributed by atoms with E-state index in [-0.39, 0.29) is 11.8 Å². The maximum absolute atomic E-state index is 7.34. The van der Waals surface area contributed by atoms with Gasteiger partial charge in [0.15, 0.2) is 5.96 Å². The first-order chi connectivity index (χ1) is 12.0. The highest BCUT2D eigenvalue weighted by molar-refractivity contribution is 7.16. The van der Waals surface area contributed by atoms with Crippen molar-refractivity contribution in [2.75, 3.05) is 11.9 Å². The summed E-state index contributed by atoms with van der Waals surface area (Å²) in [6.45, 7) is 0.650. The SMILES string of the molecule is N=C(N)Nc1cnc(/C=C/CCCCOc2ccc(C(=N)N)cc2)s1. The normalized spacial score (nSPS) is 10.7. The highest BCUT2D eigenvalue weighted by atomic mass is 32.1. The van der Waals surface area contributed by atoms with Gasteiger partial charge in [-0.3, -0.25) is 10.8 Å². The molecule has 0 fully saturated rings. The van der Waals surface area contributed by atoms with Crippen LogP contribution in [-0.4, -0.2) is 23.4 Å². The lowest BCUT2D eigenvalue weighted by atomic mass is 10.2. The predicted molar refractivity (Wildman–Crippen MR) is 103 cm³/mol. The van der Waals surface area contributed by atoms with Gasteiger partial charge in [0.05, 0.1) is 12.8 Å². The number of ether oxygens (including phenoxy) is 1. The summed E-state index contributed by atoms with van der Waals surface area (Å²) in [5.74, 6) is 0.756. The first-order valence-corrected chi connectivity index (χ1v) is 8.67. The van der Waals surface area contributed by atoms with Gasteiger partial charge in [0.2, 0.25) is 0 Å². The van der Waals surface area contributed by atoms with Gasteiger partial charge in [-0.25, -0.2) is 4.98 Å². The largest absolute Gasteiger partial charge is 0.494 e. The van der Waals surface area contributed by atoms with Crippen LogP contribution in [-0.2, 0) is 0 Å². The van der Waals surface area contributed by atoms with Gasteiger partial charge in [-0.2, -0.15) is 0 Å². The van der Waals surface area contributed by atoms with Gasteiger partial charge in [-0.1, -0.05) is 17.4 Å². The predicted octanol–water partition coefficient (Wildman–Crippen LogP) is 3.00. The third-order valence-corrected chi connectivity index (χ3v) is 4.12. The van der Waals surface area contributed by atoms with Crippen LogP contribution < -0.4 is 21.5 Å². The molecule has 0 aliphatic carbocycles. The Bertz CT molecular complexity index is 738. The van der Waals surface area contributed by atoms with Crippen molar-refractivity contribution >= 4 is 34.2 Å². The van der Waals surface area contributed by atoms with E-state index >= 15 is 0 Å². The molecular weight excluding hydrogens is 336 g/mol. The standard InChI is InChI=1S/C17H22N6OS/c18-16(19)12-6-8-13(9-7-12)24-10-4-2-1-3-5-14-22-11-15(25-14)23-17(20)21/h3,5-9,11H,1-2,4,10H2,(H3,18,19)(H4,20,21,23)/b5-3+. The molecule has 0 amide bonds. The summed E-state index contributed by atoms with van der Waals surface area (Å²) in [6.07, 6.45) is 8.63. The minimum absolute atomic E-state index is 0.0581. The van der Waals surface area contributed by atoms with Crippen LogP contribution in [0.25, 0.3) is 6.08 Å². The van der Waals surface area contributed by atoms with Gasteiger partial charge in [0, 0.05) is 5.56 Å². The Balaban J connectivity index is 1.62. The van der Waals surface area contributed by atoms with Crippen LogP contribution >= 0.6 is 11.3 Å². The van der Waals surface area contributed by atoms with Crippen LogP contribution in [0.3, 0.4) is 0 Å². The second-order valence-electron chi connectivity index (χ2n) is 5.29. The summed E-state index contributed by atoms with van der Waals surface area (Å²) in [7, 11) is 0. The third-order valence-electron chi connectivity index (χ3n) is 3.24. The number of nitrogens with two attached hydrogens (primary N) is 2. The van der Waals surface area contributed by atoms with E-state index in [1.165, 1.54) is 11.3 Å². The average Bonchev–Trinajstić information content (AvgIpc) is 3.01. The van der Waals surface area contributed by atoms with Crippen molar-refractivity contribution in [3.63, 3.8) is 0 Å². The molecule has 132 valence electrons. The van der Waals surface area contributed by atoms with Crippen molar-refractivity contribution in [1.82, 2.24) is 4.98 Å². The summed E-state index contributed by atoms with van der Waals surface area (Å²) in [5.41, 5.74) is 11.4. The number of anilines is 1. The molecule has 2 rings (SSSR count). The second-order valence-corrected chi connectivity index (χ2v) is 6.35. The number of nitrogens with zero attached hydrogens (tertiary/aromatic N) is 1. The molecule has 0 saturated heterocycles. The van der Waals surface area contributed by atoms with Crippen LogP contribution in [0, 0.1) is 10.8 Å². The molecule has 25 heavy (non-hydrogen) atoms. The summed E-state index contributed by atoms with van der Waals surface area (Å²) in [5, 5.41) is 18.9. The third kappa shape index (κ3) is 6.64. The zero-order chi connectivity index (χ0) is 18.1. The Hall–Kier alpha value is -2.87. The Morgan fingerprint density at radius 3 is 2.64 bits per heavy atom. The number of guanidine groups is 1. The molecule has 0 bridgehead atoms. The fraction of sp³-hybridized carbons (Fsp3) is 0.235. The van der Waals surface area contributed by atoms with E-state index in [1.807, 2.05) is 18.2 Å². The van der Waals surface area contributed by atoms with Crippen LogP contribution in [0.4, 0.5) is 5.00 Å². The molecule has 1 aromatic heterocycles. The molecule has 7 nitrogen and oxygen atoms in total. The van der Waals surface area contributed by atoms with Gasteiger partial charge >= 0.3 is 0 Å². The van der Waals surface area contributed by atoms with Gasteiger partial charge in [-0.15, -0.1) is 0 Å². The van der Waals surface area contributed by atoms with E-state index in [0.717, 1.165) is 35.0 Å². The lowest BCUT2D eigenvalue weighted by molar-refractivity contribution is 0.307. The molecule has 0 atom stereocenters. The molecule has 1 heterocycles. The molecule has 0 saturated carbocycles. The van der Waals surface area contributed by atoms with Crippen molar-refractivity contribution in [1.29, 1.82) is 10.8 Å². The Morgan fingerprint density at radius 1 is 1.20 bits per heavy atom. The smallest absolute Gasteiger partial charge is 0.190 e. The van der Waals surface area contributed by atoms with Crippen LogP contribution in [0.2, 0.25) is 0 Å². The first-order valence-electron chi connectivity index (χ1n) is 7.85. The number of aromatic nitrogens is 1. The lowest BCUT2D eigenvalue weighted by Gasteiger charge is -2.06. The Labute approximate surface area is 150 Å². The van der Waals surface area contributed by atoms with Crippen molar-refractivity contribution in [3.05, 3.63) is 47.1 Å². The van der Waals surface area contributed by atoms with Crippen molar-refractivity contribution in [3.8, 4) is 5.75 Å². The highest BCUT2D eigenvalue weighted by Gasteiger charge is 1.99. The topological polar surface area (TPSA) is 134 Å². The van der Waals surface area contributed by atoms with Gasteiger partial charge < -0.3 is 21.5 Å². The molecule has 7 N–H and O–H groups in total. The lowest BCUT2D eigenvalue weighted by Crippen LogP contribution is -2.19. The monoisotopic (exact) mass is 358 g/mol. The maximum Gasteiger partial charge on any atom is 0.190 e. The van der Waals surface area contributed by atoms with Crippen molar-refractivity contribution < 1.29 is 4.74 Å². The van der Waals surface area contributed by atoms with Crippen molar-refractivity contribution in [2.45, 2.75) is 19.3 Å². The number of benzene rings is 1. The molecule has 0 radical (unpaired) electrons. The van der Waals surface area contributed by atoms with E-state index in [1.54, 1.807) is 18.3 Å². The van der Waals surface area contributed by atoms with Gasteiger partial charge in [0.25, 0.3) is 0 Å². The number of rotatable bonds is 9. The first kappa shape index (κ1) is 18.5. The molecule has 2 aromatic rings. The summed E-state index contributed by atoms with van der Waals surface area (Å²) in [4.78, 5) is 4.23. The number of amidine groups is 1. The number of nitrogen functional groups attached to an aromatic ring is 1. The summed E-state index contributed by atoms with van der Waals surface area (Å²) >= 11 is 1.45. The number of hydrogen-bond acceptors (Lipinski definition) is 5. The molecule has 1 aromatic carbocycles. The van der Waals surface area contributed by atoms with Gasteiger partial charge in [-0.05, 0) is 49.6 Å². The fourth-order valence-electron chi connectivity index (χ4n) is 2.02. The quantitative estimate of drug-likeness (QED) is 0.267. The summed E-state index contributed by atoms with van der Waals surface area (Å²) in [6, 6.07) is 7.21. The summed E-state index contributed by atoms with van der Waals surface area (Å²) < 4.78 is 5.66. The maximum atomic E-state index is 7.34. The molecule has 0 unspecified atom stereocenters. The van der Waals surface area contributed by atoms with Crippen LogP contribution in [0.5, 0.6) is 5.75 Å². The zero-order valence-corrected chi connectivity index (χ0v) is 14.6. The number of hydrogen-bond donors (Lipinski definition) is 5. The number of thiazole rings is 1. The minimum Gasteiger partial charge on any atom is -0.494 e. The molecule has 0 aliphatic heterocycles. The molecule has 0 spiro atoms. The van der Waals surface area contributed by atoms with Gasteiger partial charge in [0.1, 0.15) is 21.6 Å². The van der Waals surface area contributed by atoms with Crippen LogP contribution in [0.15, 0.2) is 36.5 Å². The number of unbranched alkanes of at least 4 members (excludes halogenated alkanes) is 2. The Morgan fingerprint density at radius 2 is 1.96 bits per heavy atom. The zero-order valence-electron chi connectivity index (χ0n) is 13.8. The van der Waals surface area contributed by atoms with E-state index in [9.17, 15) is 0 Å². The molecule has 0 aliphatic rings.